The molecule has 0 fully saturated rings. The molecular formula is C44H26N8. The molecule has 8 nitrogen and oxygen atoms in total. The van der Waals surface area contributed by atoms with Gasteiger partial charge in [-0.25, -0.2) is 15.0 Å². The fourth-order valence-electron chi connectivity index (χ4n) is 7.30. The van der Waals surface area contributed by atoms with Crippen molar-refractivity contribution in [3.63, 3.8) is 0 Å². The first-order valence-corrected chi connectivity index (χ1v) is 16.9. The second-order valence-corrected chi connectivity index (χ2v) is 12.5. The van der Waals surface area contributed by atoms with E-state index in [0.29, 0.717) is 28.6 Å². The van der Waals surface area contributed by atoms with E-state index >= 15 is 0 Å². The summed E-state index contributed by atoms with van der Waals surface area (Å²) in [5.74, 6) is 1.52. The van der Waals surface area contributed by atoms with Crippen molar-refractivity contribution >= 4 is 43.6 Å². The van der Waals surface area contributed by atoms with Crippen molar-refractivity contribution in [3.05, 3.63) is 164 Å². The quantitative estimate of drug-likeness (QED) is 0.181. The first-order chi connectivity index (χ1) is 25.8. The third kappa shape index (κ3) is 4.57. The summed E-state index contributed by atoms with van der Waals surface area (Å²) in [6.45, 7) is 0. The second-order valence-electron chi connectivity index (χ2n) is 12.5. The molecule has 0 amide bonds. The average molecular weight is 667 g/mol. The molecule has 0 saturated heterocycles. The van der Waals surface area contributed by atoms with Gasteiger partial charge in [-0.2, -0.15) is 5.26 Å². The van der Waals surface area contributed by atoms with Gasteiger partial charge in [-0.15, -0.1) is 0 Å². The van der Waals surface area contributed by atoms with Crippen LogP contribution in [0.15, 0.2) is 158 Å². The van der Waals surface area contributed by atoms with Gasteiger partial charge in [0.25, 0.3) is 0 Å². The summed E-state index contributed by atoms with van der Waals surface area (Å²) in [5.41, 5.74) is 8.18. The molecule has 5 aromatic carbocycles. The monoisotopic (exact) mass is 666 g/mol. The Hall–Kier alpha value is -7.50. The van der Waals surface area contributed by atoms with Gasteiger partial charge in [0.15, 0.2) is 17.5 Å². The van der Waals surface area contributed by atoms with Gasteiger partial charge < -0.3 is 9.13 Å². The van der Waals surface area contributed by atoms with E-state index in [9.17, 15) is 5.26 Å². The van der Waals surface area contributed by atoms with Gasteiger partial charge in [0, 0.05) is 50.6 Å². The van der Waals surface area contributed by atoms with E-state index in [0.717, 1.165) is 66.1 Å². The van der Waals surface area contributed by atoms with Crippen LogP contribution in [0.5, 0.6) is 0 Å². The molecule has 0 atom stereocenters. The molecule has 0 N–H and O–H groups in total. The lowest BCUT2D eigenvalue weighted by atomic mass is 10.0. The molecule has 0 aliphatic heterocycles. The number of rotatable bonds is 5. The van der Waals surface area contributed by atoms with Crippen LogP contribution in [0.3, 0.4) is 0 Å². The number of hydrogen-bond acceptors (Lipinski definition) is 6. The van der Waals surface area contributed by atoms with Gasteiger partial charge in [-0.05, 0) is 36.4 Å². The van der Waals surface area contributed by atoms with Crippen LogP contribution in [0, 0.1) is 11.3 Å². The van der Waals surface area contributed by atoms with Gasteiger partial charge in [0.05, 0.1) is 51.4 Å². The Bertz CT molecular complexity index is 2860. The Labute approximate surface area is 297 Å². The summed E-state index contributed by atoms with van der Waals surface area (Å²) in [6.07, 6.45) is 7.37. The number of nitriles is 1. The van der Waals surface area contributed by atoms with Crippen LogP contribution in [-0.2, 0) is 0 Å². The summed E-state index contributed by atoms with van der Waals surface area (Å²) >= 11 is 0. The van der Waals surface area contributed by atoms with Crippen molar-refractivity contribution in [2.45, 2.75) is 0 Å². The van der Waals surface area contributed by atoms with Crippen LogP contribution in [0.4, 0.5) is 0 Å². The molecule has 0 aliphatic carbocycles. The zero-order chi connectivity index (χ0) is 34.6. The molecule has 0 aliphatic rings. The molecule has 0 spiro atoms. The SMILES string of the molecule is N#Cc1cc(-c2nc(-c3ccccc3)nc(-c3ccccc3)n2)c(-n2c3ccccc3c3ccncc32)cc1-n1c2ccccc2c2ccncc21. The maximum atomic E-state index is 10.9. The highest BCUT2D eigenvalue weighted by Crippen LogP contribution is 2.40. The maximum Gasteiger partial charge on any atom is 0.166 e. The number of benzene rings is 5. The van der Waals surface area contributed by atoms with Crippen molar-refractivity contribution in [2.24, 2.45) is 0 Å². The van der Waals surface area contributed by atoms with Crippen molar-refractivity contribution in [3.8, 4) is 51.6 Å². The van der Waals surface area contributed by atoms with E-state index in [1.165, 1.54) is 0 Å². The molecular weight excluding hydrogens is 641 g/mol. The number of pyridine rings is 2. The van der Waals surface area contributed by atoms with Gasteiger partial charge in [0.1, 0.15) is 6.07 Å². The molecule has 242 valence electrons. The predicted octanol–water partition coefficient (Wildman–Crippen LogP) is 9.73. The minimum absolute atomic E-state index is 0.449. The lowest BCUT2D eigenvalue weighted by Crippen LogP contribution is -2.07. The Balaban J connectivity index is 1.36. The highest BCUT2D eigenvalue weighted by molar-refractivity contribution is 6.11. The second kappa shape index (κ2) is 11.8. The smallest absolute Gasteiger partial charge is 0.166 e. The Morgan fingerprint density at radius 3 is 1.44 bits per heavy atom. The Morgan fingerprint density at radius 1 is 0.442 bits per heavy atom. The fraction of sp³-hybridized carbons (Fsp3) is 0. The highest BCUT2D eigenvalue weighted by Gasteiger charge is 2.24. The third-order valence-electron chi connectivity index (χ3n) is 9.61. The van der Waals surface area contributed by atoms with Crippen LogP contribution in [-0.4, -0.2) is 34.1 Å². The van der Waals surface area contributed by atoms with E-state index in [2.05, 4.69) is 55.5 Å². The molecule has 5 heterocycles. The molecule has 0 radical (unpaired) electrons. The molecule has 0 unspecified atom stereocenters. The standard InChI is InChI=1S/C44H26N8/c45-25-30-23-35(44-49-42(28-11-3-1-4-12-28)48-43(50-44)29-13-5-2-6-14-29)39(52-37-18-10-8-16-32(37)34-20-22-47-27-41(34)52)24-38(30)51-36-17-9-7-15-31(36)33-19-21-46-26-40(33)51/h1-24,26-27H. The van der Waals surface area contributed by atoms with E-state index in [4.69, 9.17) is 15.0 Å². The molecule has 0 saturated carbocycles. The summed E-state index contributed by atoms with van der Waals surface area (Å²) in [4.78, 5) is 24.3. The van der Waals surface area contributed by atoms with E-state index < -0.39 is 0 Å². The summed E-state index contributed by atoms with van der Waals surface area (Å²) in [6, 6.07) is 47.0. The Morgan fingerprint density at radius 2 is 0.904 bits per heavy atom. The molecule has 10 aromatic rings. The van der Waals surface area contributed by atoms with Crippen LogP contribution < -0.4 is 0 Å². The summed E-state index contributed by atoms with van der Waals surface area (Å²) in [5, 5.41) is 15.2. The Kier molecular flexibility index (Phi) is 6.69. The maximum absolute atomic E-state index is 10.9. The number of para-hydroxylation sites is 2. The first kappa shape index (κ1) is 29.4. The fourth-order valence-corrected chi connectivity index (χ4v) is 7.30. The highest BCUT2D eigenvalue weighted by atomic mass is 15.1. The van der Waals surface area contributed by atoms with Crippen molar-refractivity contribution in [1.29, 1.82) is 5.26 Å². The van der Waals surface area contributed by atoms with Crippen LogP contribution in [0.2, 0.25) is 0 Å². The molecule has 5 aromatic heterocycles. The topological polar surface area (TPSA) is 98.1 Å². The van der Waals surface area contributed by atoms with Gasteiger partial charge in [-0.3, -0.25) is 9.97 Å². The minimum atomic E-state index is 0.449. The van der Waals surface area contributed by atoms with Gasteiger partial charge in [-0.1, -0.05) is 97.1 Å². The van der Waals surface area contributed by atoms with Crippen LogP contribution in [0.1, 0.15) is 5.56 Å². The van der Waals surface area contributed by atoms with Gasteiger partial charge >= 0.3 is 0 Å². The average Bonchev–Trinajstić information content (AvgIpc) is 3.74. The number of aromatic nitrogens is 7. The van der Waals surface area contributed by atoms with Crippen LogP contribution in [0.25, 0.3) is 89.2 Å². The van der Waals surface area contributed by atoms with E-state index in [-0.39, 0.29) is 0 Å². The summed E-state index contributed by atoms with van der Waals surface area (Å²) in [7, 11) is 0. The summed E-state index contributed by atoms with van der Waals surface area (Å²) < 4.78 is 4.34. The zero-order valence-corrected chi connectivity index (χ0v) is 27.6. The largest absolute Gasteiger partial charge is 0.307 e. The number of hydrogen-bond donors (Lipinski definition) is 0. The molecule has 8 heteroatoms. The predicted molar refractivity (Wildman–Crippen MR) is 205 cm³/mol. The van der Waals surface area contributed by atoms with Crippen LogP contribution >= 0.6 is 0 Å². The van der Waals surface area contributed by atoms with Crippen molar-refractivity contribution < 1.29 is 0 Å². The first-order valence-electron chi connectivity index (χ1n) is 16.9. The molecule has 10 rings (SSSR count). The molecule has 0 bridgehead atoms. The van der Waals surface area contributed by atoms with Crippen molar-refractivity contribution in [1.82, 2.24) is 34.1 Å². The lowest BCUT2D eigenvalue weighted by molar-refractivity contribution is 1.06. The zero-order valence-electron chi connectivity index (χ0n) is 27.6. The third-order valence-corrected chi connectivity index (χ3v) is 9.61. The normalized spacial score (nSPS) is 11.4. The number of nitrogens with zero attached hydrogens (tertiary/aromatic N) is 8. The van der Waals surface area contributed by atoms with E-state index in [1.54, 1.807) is 6.20 Å². The molecule has 52 heavy (non-hydrogen) atoms. The van der Waals surface area contributed by atoms with Crippen molar-refractivity contribution in [2.75, 3.05) is 0 Å². The lowest BCUT2D eigenvalue weighted by Gasteiger charge is -2.18. The van der Waals surface area contributed by atoms with Gasteiger partial charge in [0.2, 0.25) is 0 Å². The minimum Gasteiger partial charge on any atom is -0.307 e. The number of fused-ring (bicyclic) bond motifs is 6. The van der Waals surface area contributed by atoms with E-state index in [1.807, 2.05) is 122 Å².